The van der Waals surface area contributed by atoms with Crippen LogP contribution < -0.4 is 10.1 Å². The molecule has 0 aliphatic rings. The van der Waals surface area contributed by atoms with Gasteiger partial charge in [-0.15, -0.1) is 10.2 Å². The molecule has 0 bridgehead atoms. The molecule has 1 aromatic heterocycles. The number of rotatable bonds is 7. The van der Waals surface area contributed by atoms with Crippen LogP contribution in [-0.4, -0.2) is 40.6 Å². The molecule has 1 N–H and O–H groups in total. The number of nitrogens with zero attached hydrogens (tertiary/aromatic N) is 3. The van der Waals surface area contributed by atoms with E-state index in [1.165, 1.54) is 23.9 Å². The van der Waals surface area contributed by atoms with E-state index in [9.17, 15) is 13.2 Å². The molecule has 0 spiro atoms. The second kappa shape index (κ2) is 8.66. The third-order valence-electron chi connectivity index (χ3n) is 3.93. The van der Waals surface area contributed by atoms with Crippen LogP contribution in [0.4, 0.5) is 5.69 Å². The van der Waals surface area contributed by atoms with Crippen molar-refractivity contribution in [2.75, 3.05) is 11.6 Å². The van der Waals surface area contributed by atoms with Gasteiger partial charge in [-0.25, -0.2) is 8.42 Å². The Morgan fingerprint density at radius 2 is 1.69 bits per heavy atom. The molecule has 8 nitrogen and oxygen atoms in total. The average molecular weight is 433 g/mol. The van der Waals surface area contributed by atoms with Crippen LogP contribution in [0.1, 0.15) is 6.92 Å². The first-order chi connectivity index (χ1) is 13.7. The average Bonchev–Trinajstić information content (AvgIpc) is 3.07. The lowest BCUT2D eigenvalue weighted by molar-refractivity contribution is -0.115. The third-order valence-corrected chi connectivity index (χ3v) is 6.21. The van der Waals surface area contributed by atoms with Crippen LogP contribution in [0.25, 0.3) is 0 Å². The fraction of sp³-hybridized carbons (Fsp3) is 0.211. The van der Waals surface area contributed by atoms with Crippen LogP contribution >= 0.6 is 11.8 Å². The lowest BCUT2D eigenvalue weighted by Crippen LogP contribution is -2.22. The SMILES string of the molecule is C[C@@H](Sc1nncn1C)C(=O)Nc1ccc(Oc2ccc(S(C)(=O)=O)cc2)cc1. The number of aromatic nitrogens is 3. The van der Waals surface area contributed by atoms with Crippen LogP contribution in [-0.2, 0) is 21.7 Å². The lowest BCUT2D eigenvalue weighted by atomic mass is 10.3. The van der Waals surface area contributed by atoms with Gasteiger partial charge in [-0.1, -0.05) is 11.8 Å². The number of amides is 1. The standard InChI is InChI=1S/C19H20N4O4S2/c1-13(28-19-22-20-12-23(19)2)18(24)21-14-4-6-15(7-5-14)27-16-8-10-17(11-9-16)29(3,25)26/h4-13H,1-3H3,(H,21,24)/t13-/m1/s1. The summed E-state index contributed by atoms with van der Waals surface area (Å²) in [5.74, 6) is 0.933. The maximum atomic E-state index is 12.4. The number of aryl methyl sites for hydroxylation is 1. The van der Waals surface area contributed by atoms with Crippen LogP contribution in [0.15, 0.2) is 64.9 Å². The summed E-state index contributed by atoms with van der Waals surface area (Å²) in [6.45, 7) is 1.80. The molecule has 0 fully saturated rings. The van der Waals surface area contributed by atoms with Crippen molar-refractivity contribution in [2.24, 2.45) is 7.05 Å². The molecular formula is C19H20N4O4S2. The second-order valence-electron chi connectivity index (χ2n) is 6.34. The number of carbonyl (C=O) groups excluding carboxylic acids is 1. The van der Waals surface area contributed by atoms with Crippen molar-refractivity contribution in [3.63, 3.8) is 0 Å². The Morgan fingerprint density at radius 3 is 2.21 bits per heavy atom. The normalized spacial score (nSPS) is 12.4. The van der Waals surface area contributed by atoms with Gasteiger partial charge < -0.3 is 14.6 Å². The number of sulfone groups is 1. The molecule has 3 rings (SSSR count). The molecule has 0 aliphatic heterocycles. The molecule has 0 radical (unpaired) electrons. The summed E-state index contributed by atoms with van der Waals surface area (Å²) < 4.78 is 30.5. The quantitative estimate of drug-likeness (QED) is 0.572. The summed E-state index contributed by atoms with van der Waals surface area (Å²) in [7, 11) is -1.42. The summed E-state index contributed by atoms with van der Waals surface area (Å²) in [6.07, 6.45) is 2.74. The fourth-order valence-corrected chi connectivity index (χ4v) is 3.75. The molecule has 10 heteroatoms. The number of ether oxygens (including phenoxy) is 1. The third kappa shape index (κ3) is 5.58. The Bertz CT molecular complexity index is 1090. The summed E-state index contributed by atoms with van der Waals surface area (Å²) in [5, 5.41) is 10.9. The Labute approximate surface area is 173 Å². The van der Waals surface area contributed by atoms with Crippen molar-refractivity contribution in [3.8, 4) is 11.5 Å². The predicted octanol–water partition coefficient (Wildman–Crippen LogP) is 3.13. The number of carbonyl (C=O) groups is 1. The summed E-state index contributed by atoms with van der Waals surface area (Å²) in [4.78, 5) is 12.6. The molecule has 3 aromatic rings. The molecule has 152 valence electrons. The van der Waals surface area contributed by atoms with Crippen molar-refractivity contribution in [1.29, 1.82) is 0 Å². The van der Waals surface area contributed by atoms with Gasteiger partial charge in [-0.2, -0.15) is 0 Å². The molecule has 0 aliphatic carbocycles. The van der Waals surface area contributed by atoms with E-state index < -0.39 is 9.84 Å². The van der Waals surface area contributed by atoms with E-state index in [0.29, 0.717) is 22.3 Å². The zero-order valence-electron chi connectivity index (χ0n) is 16.1. The van der Waals surface area contributed by atoms with Crippen molar-refractivity contribution in [2.45, 2.75) is 22.2 Å². The van der Waals surface area contributed by atoms with E-state index in [-0.39, 0.29) is 16.1 Å². The molecule has 0 saturated carbocycles. The molecule has 0 unspecified atom stereocenters. The van der Waals surface area contributed by atoms with Gasteiger partial charge in [0, 0.05) is 19.0 Å². The Hall–Kier alpha value is -2.85. The van der Waals surface area contributed by atoms with Crippen LogP contribution in [0.2, 0.25) is 0 Å². The Morgan fingerprint density at radius 1 is 1.10 bits per heavy atom. The van der Waals surface area contributed by atoms with E-state index in [2.05, 4.69) is 15.5 Å². The molecule has 1 heterocycles. The number of benzene rings is 2. The van der Waals surface area contributed by atoms with Gasteiger partial charge in [0.05, 0.1) is 10.1 Å². The first-order valence-electron chi connectivity index (χ1n) is 8.62. The van der Waals surface area contributed by atoms with E-state index in [4.69, 9.17) is 4.74 Å². The van der Waals surface area contributed by atoms with Gasteiger partial charge in [0.1, 0.15) is 17.8 Å². The minimum atomic E-state index is -3.24. The largest absolute Gasteiger partial charge is 0.457 e. The summed E-state index contributed by atoms with van der Waals surface area (Å²) in [6, 6.07) is 13.1. The number of thioether (sulfide) groups is 1. The second-order valence-corrected chi connectivity index (χ2v) is 9.67. The van der Waals surface area contributed by atoms with Crippen LogP contribution in [0, 0.1) is 0 Å². The molecule has 29 heavy (non-hydrogen) atoms. The summed E-state index contributed by atoms with van der Waals surface area (Å²) in [5.41, 5.74) is 0.639. The van der Waals surface area contributed by atoms with Gasteiger partial charge >= 0.3 is 0 Å². The van der Waals surface area contributed by atoms with Crippen molar-refractivity contribution < 1.29 is 17.9 Å². The van der Waals surface area contributed by atoms with Crippen molar-refractivity contribution in [3.05, 3.63) is 54.9 Å². The Balaban J connectivity index is 1.58. The van der Waals surface area contributed by atoms with Gasteiger partial charge in [0.2, 0.25) is 5.91 Å². The monoisotopic (exact) mass is 432 g/mol. The van der Waals surface area contributed by atoms with Crippen LogP contribution in [0.5, 0.6) is 11.5 Å². The maximum Gasteiger partial charge on any atom is 0.237 e. The van der Waals surface area contributed by atoms with E-state index >= 15 is 0 Å². The van der Waals surface area contributed by atoms with Gasteiger partial charge in [0.25, 0.3) is 0 Å². The maximum absolute atomic E-state index is 12.4. The van der Waals surface area contributed by atoms with Crippen molar-refractivity contribution >= 4 is 33.2 Å². The first-order valence-corrected chi connectivity index (χ1v) is 11.4. The zero-order chi connectivity index (χ0) is 21.0. The summed E-state index contributed by atoms with van der Waals surface area (Å²) >= 11 is 1.32. The van der Waals surface area contributed by atoms with Gasteiger partial charge in [-0.05, 0) is 55.5 Å². The number of hydrogen-bond donors (Lipinski definition) is 1. The van der Waals surface area contributed by atoms with E-state index in [1.807, 2.05) is 7.05 Å². The lowest BCUT2D eigenvalue weighted by Gasteiger charge is -2.12. The smallest absolute Gasteiger partial charge is 0.237 e. The number of nitrogens with one attached hydrogen (secondary N) is 1. The highest BCUT2D eigenvalue weighted by Crippen LogP contribution is 2.25. The fourth-order valence-electron chi connectivity index (χ4n) is 2.33. The van der Waals surface area contributed by atoms with E-state index in [1.54, 1.807) is 54.2 Å². The molecular weight excluding hydrogens is 412 g/mol. The zero-order valence-corrected chi connectivity index (χ0v) is 17.7. The van der Waals surface area contributed by atoms with Gasteiger partial charge in [0.15, 0.2) is 15.0 Å². The highest BCUT2D eigenvalue weighted by atomic mass is 32.2. The van der Waals surface area contributed by atoms with E-state index in [0.717, 1.165) is 6.26 Å². The topological polar surface area (TPSA) is 103 Å². The highest BCUT2D eigenvalue weighted by molar-refractivity contribution is 8.00. The molecule has 1 atom stereocenters. The van der Waals surface area contributed by atoms with Crippen molar-refractivity contribution in [1.82, 2.24) is 14.8 Å². The number of hydrogen-bond acceptors (Lipinski definition) is 7. The van der Waals surface area contributed by atoms with Crippen LogP contribution in [0.3, 0.4) is 0 Å². The minimum Gasteiger partial charge on any atom is -0.457 e. The Kier molecular flexibility index (Phi) is 6.23. The number of anilines is 1. The van der Waals surface area contributed by atoms with Gasteiger partial charge in [-0.3, -0.25) is 4.79 Å². The molecule has 1 amide bonds. The molecule has 2 aromatic carbocycles. The molecule has 0 saturated heterocycles. The highest BCUT2D eigenvalue weighted by Gasteiger charge is 2.17. The predicted molar refractivity (Wildman–Crippen MR) is 111 cm³/mol. The first kappa shape index (κ1) is 20.9. The minimum absolute atomic E-state index is 0.150.